The van der Waals surface area contributed by atoms with E-state index in [1.807, 2.05) is 29.2 Å². The molecule has 0 spiro atoms. The van der Waals surface area contributed by atoms with E-state index in [4.69, 9.17) is 0 Å². The summed E-state index contributed by atoms with van der Waals surface area (Å²) in [7, 11) is 0. The van der Waals surface area contributed by atoms with Crippen molar-refractivity contribution in [2.24, 2.45) is 0 Å². The SMILES string of the molecule is Cl.Cl.O=C(c1cccc(Nc2cnccn2)c1)N1CCCNCC1. The summed E-state index contributed by atoms with van der Waals surface area (Å²) in [5.74, 6) is 0.734. The van der Waals surface area contributed by atoms with Crippen LogP contribution in [-0.2, 0) is 0 Å². The van der Waals surface area contributed by atoms with E-state index in [0.29, 0.717) is 11.4 Å². The number of amides is 1. The lowest BCUT2D eigenvalue weighted by Crippen LogP contribution is -2.34. The van der Waals surface area contributed by atoms with E-state index in [1.165, 1.54) is 0 Å². The number of benzene rings is 1. The first-order valence-electron chi connectivity index (χ1n) is 7.46. The summed E-state index contributed by atoms with van der Waals surface area (Å²) in [6, 6.07) is 7.50. The van der Waals surface area contributed by atoms with Crippen molar-refractivity contribution in [2.75, 3.05) is 31.5 Å². The lowest BCUT2D eigenvalue weighted by molar-refractivity contribution is 0.0766. The van der Waals surface area contributed by atoms with Crippen LogP contribution in [0.1, 0.15) is 16.8 Å². The molecule has 1 amide bonds. The Bertz CT molecular complexity index is 633. The Hall–Kier alpha value is -1.89. The van der Waals surface area contributed by atoms with Crippen molar-refractivity contribution in [2.45, 2.75) is 6.42 Å². The van der Waals surface area contributed by atoms with Crippen molar-refractivity contribution >= 4 is 42.2 Å². The molecule has 24 heavy (non-hydrogen) atoms. The molecule has 0 unspecified atom stereocenters. The topological polar surface area (TPSA) is 70.2 Å². The van der Waals surface area contributed by atoms with Gasteiger partial charge in [-0.05, 0) is 31.2 Å². The standard InChI is InChI=1S/C16H19N5O.2ClH/c22-16(21-9-2-5-17-8-10-21)13-3-1-4-14(11-13)20-15-12-18-6-7-19-15;;/h1,3-4,6-7,11-12,17H,2,5,8-10H2,(H,19,20);2*1H. The highest BCUT2D eigenvalue weighted by molar-refractivity contribution is 5.95. The molecule has 0 saturated carbocycles. The fourth-order valence-corrected chi connectivity index (χ4v) is 2.47. The summed E-state index contributed by atoms with van der Waals surface area (Å²) in [4.78, 5) is 22.7. The molecule has 130 valence electrons. The van der Waals surface area contributed by atoms with Crippen molar-refractivity contribution in [3.63, 3.8) is 0 Å². The van der Waals surface area contributed by atoms with Crippen molar-refractivity contribution < 1.29 is 4.79 Å². The second-order valence-electron chi connectivity index (χ2n) is 5.19. The third kappa shape index (κ3) is 5.33. The van der Waals surface area contributed by atoms with Crippen molar-refractivity contribution in [3.05, 3.63) is 48.4 Å². The fraction of sp³-hybridized carbons (Fsp3) is 0.312. The number of carbonyl (C=O) groups is 1. The van der Waals surface area contributed by atoms with Crippen molar-refractivity contribution in [1.29, 1.82) is 0 Å². The van der Waals surface area contributed by atoms with Crippen LogP contribution in [0.25, 0.3) is 0 Å². The number of anilines is 2. The first kappa shape index (κ1) is 20.2. The molecule has 3 rings (SSSR count). The first-order valence-corrected chi connectivity index (χ1v) is 7.46. The molecular weight excluding hydrogens is 349 g/mol. The van der Waals surface area contributed by atoms with E-state index in [9.17, 15) is 4.79 Å². The zero-order valence-corrected chi connectivity index (χ0v) is 14.8. The number of hydrogen-bond donors (Lipinski definition) is 2. The van der Waals surface area contributed by atoms with Gasteiger partial charge in [0.2, 0.25) is 0 Å². The van der Waals surface area contributed by atoms with Gasteiger partial charge in [-0.2, -0.15) is 0 Å². The van der Waals surface area contributed by atoms with Gasteiger partial charge in [-0.1, -0.05) is 6.07 Å². The Labute approximate surface area is 153 Å². The van der Waals surface area contributed by atoms with Crippen molar-refractivity contribution in [3.8, 4) is 0 Å². The Kier molecular flexibility index (Phi) is 8.46. The van der Waals surface area contributed by atoms with Crippen molar-refractivity contribution in [1.82, 2.24) is 20.2 Å². The van der Waals surface area contributed by atoms with Crippen LogP contribution in [0, 0.1) is 0 Å². The normalized spacial score (nSPS) is 13.9. The van der Waals surface area contributed by atoms with E-state index in [-0.39, 0.29) is 30.7 Å². The molecule has 0 atom stereocenters. The highest BCUT2D eigenvalue weighted by atomic mass is 35.5. The van der Waals surface area contributed by atoms with Crippen LogP contribution in [0.5, 0.6) is 0 Å². The molecule has 0 bridgehead atoms. The molecule has 1 aliphatic heterocycles. The molecule has 8 heteroatoms. The van der Waals surface area contributed by atoms with Gasteiger partial charge in [0, 0.05) is 43.3 Å². The Morgan fingerprint density at radius 1 is 1.17 bits per heavy atom. The Balaban J connectivity index is 0.00000144. The molecule has 1 aromatic heterocycles. The number of nitrogens with one attached hydrogen (secondary N) is 2. The van der Waals surface area contributed by atoms with Crippen LogP contribution < -0.4 is 10.6 Å². The summed E-state index contributed by atoms with van der Waals surface area (Å²) in [6.07, 6.45) is 5.89. The fourth-order valence-electron chi connectivity index (χ4n) is 2.47. The molecule has 0 radical (unpaired) electrons. The van der Waals surface area contributed by atoms with Gasteiger partial charge in [0.15, 0.2) is 0 Å². The molecule has 0 aliphatic carbocycles. The summed E-state index contributed by atoms with van der Waals surface area (Å²) in [6.45, 7) is 3.37. The lowest BCUT2D eigenvalue weighted by Gasteiger charge is -2.20. The quantitative estimate of drug-likeness (QED) is 0.869. The van der Waals surface area contributed by atoms with E-state index in [0.717, 1.165) is 38.3 Å². The predicted octanol–water partition coefficient (Wildman–Crippen LogP) is 2.50. The highest BCUT2D eigenvalue weighted by Crippen LogP contribution is 2.16. The van der Waals surface area contributed by atoms with Gasteiger partial charge in [-0.15, -0.1) is 24.8 Å². The molecular formula is C16H21Cl2N5O. The van der Waals surface area contributed by atoms with Gasteiger partial charge < -0.3 is 15.5 Å². The third-order valence-corrected chi connectivity index (χ3v) is 3.57. The van der Waals surface area contributed by atoms with Gasteiger partial charge in [0.25, 0.3) is 5.91 Å². The minimum Gasteiger partial charge on any atom is -0.339 e. The maximum atomic E-state index is 12.6. The summed E-state index contributed by atoms with van der Waals surface area (Å²) in [5, 5.41) is 6.46. The Morgan fingerprint density at radius 3 is 2.83 bits per heavy atom. The van der Waals surface area contributed by atoms with E-state index in [2.05, 4.69) is 20.6 Å². The van der Waals surface area contributed by atoms with Gasteiger partial charge in [-0.25, -0.2) is 4.98 Å². The second-order valence-corrected chi connectivity index (χ2v) is 5.19. The lowest BCUT2D eigenvalue weighted by atomic mass is 10.1. The summed E-state index contributed by atoms with van der Waals surface area (Å²) in [5.41, 5.74) is 1.52. The molecule has 6 nitrogen and oxygen atoms in total. The van der Waals surface area contributed by atoms with E-state index in [1.54, 1.807) is 18.6 Å². The third-order valence-electron chi connectivity index (χ3n) is 3.57. The van der Waals surface area contributed by atoms with E-state index < -0.39 is 0 Å². The average Bonchev–Trinajstić information content (AvgIpc) is 2.85. The molecule has 1 fully saturated rings. The minimum absolute atomic E-state index is 0. The Morgan fingerprint density at radius 2 is 2.04 bits per heavy atom. The monoisotopic (exact) mass is 369 g/mol. The maximum absolute atomic E-state index is 12.6. The van der Waals surface area contributed by atoms with Gasteiger partial charge >= 0.3 is 0 Å². The van der Waals surface area contributed by atoms with Crippen LogP contribution in [0.4, 0.5) is 11.5 Å². The highest BCUT2D eigenvalue weighted by Gasteiger charge is 2.17. The van der Waals surface area contributed by atoms with Crippen LogP contribution in [0.2, 0.25) is 0 Å². The maximum Gasteiger partial charge on any atom is 0.253 e. The zero-order valence-electron chi connectivity index (χ0n) is 13.1. The number of carbonyl (C=O) groups excluding carboxylic acids is 1. The van der Waals surface area contributed by atoms with Gasteiger partial charge in [-0.3, -0.25) is 9.78 Å². The zero-order chi connectivity index (χ0) is 15.2. The number of halogens is 2. The smallest absolute Gasteiger partial charge is 0.253 e. The van der Waals surface area contributed by atoms with Crippen LogP contribution in [0.15, 0.2) is 42.9 Å². The molecule has 1 aromatic carbocycles. The largest absolute Gasteiger partial charge is 0.339 e. The first-order chi connectivity index (χ1) is 10.8. The molecule has 2 aromatic rings. The number of nitrogens with zero attached hydrogens (tertiary/aromatic N) is 3. The number of rotatable bonds is 3. The average molecular weight is 370 g/mol. The molecule has 2 heterocycles. The molecule has 2 N–H and O–H groups in total. The summed E-state index contributed by atoms with van der Waals surface area (Å²) >= 11 is 0. The second kappa shape index (κ2) is 10.1. The number of aromatic nitrogens is 2. The van der Waals surface area contributed by atoms with E-state index >= 15 is 0 Å². The molecule has 1 aliphatic rings. The number of hydrogen-bond acceptors (Lipinski definition) is 5. The predicted molar refractivity (Wildman–Crippen MR) is 99.6 cm³/mol. The van der Waals surface area contributed by atoms with Crippen LogP contribution >= 0.6 is 24.8 Å². The van der Waals surface area contributed by atoms with Crippen LogP contribution in [-0.4, -0.2) is 47.0 Å². The van der Waals surface area contributed by atoms with Gasteiger partial charge in [0.1, 0.15) is 5.82 Å². The molecule has 1 saturated heterocycles. The minimum atomic E-state index is 0. The van der Waals surface area contributed by atoms with Crippen LogP contribution in [0.3, 0.4) is 0 Å². The van der Waals surface area contributed by atoms with Gasteiger partial charge in [0.05, 0.1) is 6.20 Å². The summed E-state index contributed by atoms with van der Waals surface area (Å²) < 4.78 is 0.